The second kappa shape index (κ2) is 5.95. The van der Waals surface area contributed by atoms with E-state index in [4.69, 9.17) is 11.0 Å². The zero-order valence-corrected chi connectivity index (χ0v) is 11.9. The largest absolute Gasteiger partial charge is 0.361 e. The summed E-state index contributed by atoms with van der Waals surface area (Å²) in [6.45, 7) is -5.02. The maximum Gasteiger partial charge on any atom is 0.215 e. The van der Waals surface area contributed by atoms with E-state index in [9.17, 15) is 8.42 Å². The first-order valence-electron chi connectivity index (χ1n) is 9.83. The van der Waals surface area contributed by atoms with Crippen LogP contribution in [0.3, 0.4) is 0 Å². The van der Waals surface area contributed by atoms with Crippen LogP contribution in [0.1, 0.15) is 22.1 Å². The van der Waals surface area contributed by atoms with Gasteiger partial charge in [-0.25, -0.2) is 13.1 Å². The number of H-pyrrole nitrogens is 1. The molecule has 2 rings (SSSR count). The van der Waals surface area contributed by atoms with Crippen LogP contribution in [0.15, 0.2) is 24.4 Å². The monoisotopic (exact) mass is 303 g/mol. The number of aryl methyl sites for hydroxylation is 1. The quantitative estimate of drug-likeness (QED) is 0.846. The van der Waals surface area contributed by atoms with Gasteiger partial charge in [-0.15, -0.1) is 0 Å². The van der Waals surface area contributed by atoms with E-state index in [2.05, 4.69) is 4.98 Å². The molecular formula is C14H21N3O2S. The summed E-state index contributed by atoms with van der Waals surface area (Å²) in [5.41, 5.74) is -2.45. The molecule has 0 bridgehead atoms. The number of sulfonamides is 1. The SMILES string of the molecule is [2H]c1[nH]c2ccc(C([2H])([2H])S(=O)(=O)NC)cc2c1CC([2H])([2H])N(C)C([2H])([2H])[2H]. The van der Waals surface area contributed by atoms with Gasteiger partial charge in [-0.2, -0.15) is 0 Å². The summed E-state index contributed by atoms with van der Waals surface area (Å²) in [5, 5.41) is 0.250. The maximum absolute atomic E-state index is 12.0. The lowest BCUT2D eigenvalue weighted by Gasteiger charge is -2.08. The molecule has 1 heterocycles. The van der Waals surface area contributed by atoms with Crippen molar-refractivity contribution in [2.75, 3.05) is 27.6 Å². The second-order valence-electron chi connectivity index (χ2n) is 4.19. The molecule has 2 N–H and O–H groups in total. The fourth-order valence-corrected chi connectivity index (χ4v) is 2.26. The Morgan fingerprint density at radius 1 is 1.55 bits per heavy atom. The summed E-state index contributed by atoms with van der Waals surface area (Å²) < 4.78 is 88.3. The van der Waals surface area contributed by atoms with E-state index in [0.717, 1.165) is 14.1 Å². The number of aromatic nitrogens is 1. The third-order valence-corrected chi connectivity index (χ3v) is 3.75. The minimum atomic E-state index is -4.32. The first kappa shape index (κ1) is 7.59. The Morgan fingerprint density at radius 2 is 2.35 bits per heavy atom. The van der Waals surface area contributed by atoms with E-state index in [1.54, 1.807) is 0 Å². The average molecular weight is 303 g/mol. The van der Waals surface area contributed by atoms with Crippen molar-refractivity contribution in [2.45, 2.75) is 12.1 Å². The predicted octanol–water partition coefficient (Wildman–Crippen LogP) is 1.32. The van der Waals surface area contributed by atoms with Crippen molar-refractivity contribution in [3.8, 4) is 0 Å². The van der Waals surface area contributed by atoms with Gasteiger partial charge in [-0.05, 0) is 50.8 Å². The highest BCUT2D eigenvalue weighted by Gasteiger charge is 2.11. The predicted molar refractivity (Wildman–Crippen MR) is 82.2 cm³/mol. The van der Waals surface area contributed by atoms with Crippen molar-refractivity contribution in [3.05, 3.63) is 35.5 Å². The van der Waals surface area contributed by atoms with Crippen LogP contribution in [0.25, 0.3) is 10.9 Å². The van der Waals surface area contributed by atoms with Crippen LogP contribution < -0.4 is 4.72 Å². The number of rotatable bonds is 6. The van der Waals surface area contributed by atoms with Gasteiger partial charge >= 0.3 is 0 Å². The maximum atomic E-state index is 12.0. The standard InChI is InChI=1S/C14H21N3O2S/c1-15-20(18,19)10-11-4-5-14-13(8-11)12(9-16-14)6-7-17(2)3/h4-5,8-9,15-16H,6-7,10H2,1-3H3/i2D3,7D2,9D,10D2. The van der Waals surface area contributed by atoms with Gasteiger partial charge in [-0.1, -0.05) is 6.07 Å². The molecule has 0 fully saturated rings. The first-order valence-corrected chi connectivity index (χ1v) is 7.31. The smallest absolute Gasteiger partial charge is 0.215 e. The Morgan fingerprint density at radius 3 is 3.05 bits per heavy atom. The highest BCUT2D eigenvalue weighted by atomic mass is 32.2. The van der Waals surface area contributed by atoms with Crippen LogP contribution in [-0.2, 0) is 22.1 Å². The molecule has 5 nitrogen and oxygen atoms in total. The molecule has 0 aliphatic carbocycles. The van der Waals surface area contributed by atoms with E-state index >= 15 is 0 Å². The topological polar surface area (TPSA) is 65.2 Å². The number of benzene rings is 1. The van der Waals surface area contributed by atoms with Crippen molar-refractivity contribution >= 4 is 20.9 Å². The van der Waals surface area contributed by atoms with Crippen molar-refractivity contribution < 1.29 is 19.4 Å². The third kappa shape index (κ3) is 3.59. The normalized spacial score (nSPS) is 20.4. The number of aromatic amines is 1. The molecule has 0 amide bonds. The summed E-state index contributed by atoms with van der Waals surface area (Å²) in [6.07, 6.45) is -0.626. The molecule has 0 saturated carbocycles. The summed E-state index contributed by atoms with van der Waals surface area (Å²) >= 11 is 0. The highest BCUT2D eigenvalue weighted by molar-refractivity contribution is 7.88. The van der Waals surface area contributed by atoms with Crippen LogP contribution in [0, 0.1) is 0 Å². The number of likely N-dealkylation sites (N-methyl/N-ethyl adjacent to an activating group) is 1. The number of hydrogen-bond acceptors (Lipinski definition) is 3. The molecule has 0 aliphatic rings. The van der Waals surface area contributed by atoms with Gasteiger partial charge in [0, 0.05) is 33.2 Å². The van der Waals surface area contributed by atoms with E-state index in [1.165, 1.54) is 18.2 Å². The number of fused-ring (bicyclic) bond motifs is 1. The molecule has 2 aromatic rings. The van der Waals surface area contributed by atoms with Crippen LogP contribution in [0.2, 0.25) is 0 Å². The summed E-state index contributed by atoms with van der Waals surface area (Å²) in [4.78, 5) is 3.29. The van der Waals surface area contributed by atoms with E-state index in [-0.39, 0.29) is 22.7 Å². The van der Waals surface area contributed by atoms with Crippen molar-refractivity contribution in [3.63, 3.8) is 0 Å². The van der Waals surface area contributed by atoms with Crippen LogP contribution in [0.5, 0.6) is 0 Å². The molecule has 0 spiro atoms. The molecule has 0 aliphatic heterocycles. The molecule has 1 aromatic carbocycles. The van der Waals surface area contributed by atoms with E-state index in [1.807, 2.05) is 4.72 Å². The summed E-state index contributed by atoms with van der Waals surface area (Å²) in [6, 6.07) is 3.90. The number of nitrogens with zero attached hydrogens (tertiary/aromatic N) is 1. The first-order chi connectivity index (χ1) is 12.5. The minimum Gasteiger partial charge on any atom is -0.361 e. The van der Waals surface area contributed by atoms with Crippen molar-refractivity contribution in [1.82, 2.24) is 14.6 Å². The van der Waals surface area contributed by atoms with Gasteiger partial charge in [0.1, 0.15) is 0 Å². The van der Waals surface area contributed by atoms with Gasteiger partial charge in [-0.3, -0.25) is 0 Å². The van der Waals surface area contributed by atoms with Crippen LogP contribution >= 0.6 is 0 Å². The second-order valence-corrected chi connectivity index (χ2v) is 5.81. The molecule has 0 unspecified atom stereocenters. The van der Waals surface area contributed by atoms with Gasteiger partial charge in [0.2, 0.25) is 10.0 Å². The molecule has 6 heteroatoms. The summed E-state index contributed by atoms with van der Waals surface area (Å²) in [5.74, 6) is 0. The van der Waals surface area contributed by atoms with Gasteiger partial charge in [0.15, 0.2) is 0 Å². The number of nitrogens with one attached hydrogen (secondary N) is 2. The Hall–Kier alpha value is -1.37. The van der Waals surface area contributed by atoms with E-state index in [0.29, 0.717) is 10.4 Å². The van der Waals surface area contributed by atoms with Crippen LogP contribution in [-0.4, -0.2) is 45.9 Å². The molecule has 0 saturated heterocycles. The Labute approximate surface area is 131 Å². The fraction of sp³-hybridized carbons (Fsp3) is 0.429. The third-order valence-electron chi connectivity index (χ3n) is 2.71. The molecular weight excluding hydrogens is 274 g/mol. The zero-order chi connectivity index (χ0) is 21.7. The van der Waals surface area contributed by atoms with Crippen molar-refractivity contribution in [2.24, 2.45) is 0 Å². The molecule has 110 valence electrons. The Bertz CT molecular complexity index is 984. The Kier molecular flexibility index (Phi) is 2.26. The molecule has 0 atom stereocenters. The van der Waals surface area contributed by atoms with E-state index < -0.39 is 35.6 Å². The molecule has 0 radical (unpaired) electrons. The average Bonchev–Trinajstić information content (AvgIpc) is 2.87. The lowest BCUT2D eigenvalue weighted by molar-refractivity contribution is 0.414. The zero-order valence-electron chi connectivity index (χ0n) is 19.1. The lowest BCUT2D eigenvalue weighted by atomic mass is 10.1. The molecule has 20 heavy (non-hydrogen) atoms. The number of hydrogen-bond donors (Lipinski definition) is 2. The van der Waals surface area contributed by atoms with Gasteiger partial charge in [0.25, 0.3) is 0 Å². The van der Waals surface area contributed by atoms with Crippen molar-refractivity contribution in [1.29, 1.82) is 0 Å². The fourth-order valence-electron chi connectivity index (χ4n) is 1.72. The summed E-state index contributed by atoms with van der Waals surface area (Å²) in [7, 11) is -2.13. The highest BCUT2D eigenvalue weighted by Crippen LogP contribution is 2.21. The lowest BCUT2D eigenvalue weighted by Crippen LogP contribution is -2.20. The van der Waals surface area contributed by atoms with Crippen LogP contribution in [0.4, 0.5) is 0 Å². The minimum absolute atomic E-state index is 0.121. The van der Waals surface area contributed by atoms with Gasteiger partial charge in [0.05, 0.1) is 7.08 Å². The Balaban J connectivity index is 2.59. The molecule has 1 aromatic heterocycles. The van der Waals surface area contributed by atoms with Gasteiger partial charge < -0.3 is 9.88 Å².